The lowest BCUT2D eigenvalue weighted by Gasteiger charge is -2.39. The average Bonchev–Trinajstić information content (AvgIpc) is 2.80. The van der Waals surface area contributed by atoms with Crippen LogP contribution in [0, 0.1) is 19.8 Å². The van der Waals surface area contributed by atoms with E-state index < -0.39 is 10.0 Å². The molecule has 4 rings (SSSR count). The van der Waals surface area contributed by atoms with E-state index in [0.29, 0.717) is 30.3 Å². The maximum atomic E-state index is 13.4. The van der Waals surface area contributed by atoms with Crippen LogP contribution in [0.25, 0.3) is 0 Å². The standard InChI is InChI=1S/C27H37N3O4S/c1-19-9-10-24(35(32,33)28-26-8-6-5-7-20(26)2)15-25(19)27(31)30-13-11-23(12-14-30)18-29-16-21(3)34-22(4)17-29/h5-10,15,21-23,28H,11-14,16-18H2,1-4H3. The average molecular weight is 500 g/mol. The highest BCUT2D eigenvalue weighted by Crippen LogP contribution is 2.25. The number of rotatable bonds is 6. The maximum absolute atomic E-state index is 13.4. The first kappa shape index (κ1) is 25.7. The number of para-hydroxylation sites is 1. The van der Waals surface area contributed by atoms with Crippen LogP contribution < -0.4 is 4.72 Å². The Hall–Kier alpha value is -2.42. The number of carbonyl (C=O) groups excluding carboxylic acids is 1. The van der Waals surface area contributed by atoms with Crippen molar-refractivity contribution in [2.75, 3.05) is 37.4 Å². The number of sulfonamides is 1. The van der Waals surface area contributed by atoms with E-state index in [1.165, 1.54) is 6.07 Å². The molecule has 190 valence electrons. The van der Waals surface area contributed by atoms with Crippen LogP contribution in [0.5, 0.6) is 0 Å². The fourth-order valence-electron chi connectivity index (χ4n) is 5.18. The van der Waals surface area contributed by atoms with E-state index in [1.807, 2.05) is 30.9 Å². The number of morpholine rings is 1. The number of hydrogen-bond donors (Lipinski definition) is 1. The Morgan fingerprint density at radius 2 is 1.66 bits per heavy atom. The molecule has 2 aliphatic rings. The molecule has 2 fully saturated rings. The van der Waals surface area contributed by atoms with Crippen LogP contribution in [0.3, 0.4) is 0 Å². The molecule has 0 aliphatic carbocycles. The summed E-state index contributed by atoms with van der Waals surface area (Å²) in [5, 5.41) is 0. The molecule has 7 nitrogen and oxygen atoms in total. The molecule has 2 unspecified atom stereocenters. The van der Waals surface area contributed by atoms with Crippen LogP contribution in [0.1, 0.15) is 48.2 Å². The second-order valence-electron chi connectivity index (χ2n) is 10.1. The van der Waals surface area contributed by atoms with Crippen LogP contribution in [0.4, 0.5) is 5.69 Å². The van der Waals surface area contributed by atoms with Gasteiger partial charge in [0.15, 0.2) is 0 Å². The van der Waals surface area contributed by atoms with E-state index in [2.05, 4.69) is 23.5 Å². The molecule has 2 heterocycles. The largest absolute Gasteiger partial charge is 0.373 e. The molecule has 2 aliphatic heterocycles. The number of nitrogens with one attached hydrogen (secondary N) is 1. The fraction of sp³-hybridized carbons (Fsp3) is 0.519. The van der Waals surface area contributed by atoms with Crippen molar-refractivity contribution in [1.29, 1.82) is 0 Å². The first-order valence-corrected chi connectivity index (χ1v) is 14.0. The summed E-state index contributed by atoms with van der Waals surface area (Å²) in [6.45, 7) is 12.3. The lowest BCUT2D eigenvalue weighted by atomic mass is 9.94. The number of nitrogens with zero attached hydrogens (tertiary/aromatic N) is 2. The molecule has 2 aromatic carbocycles. The van der Waals surface area contributed by atoms with Gasteiger partial charge in [-0.1, -0.05) is 24.3 Å². The topological polar surface area (TPSA) is 79.0 Å². The third kappa shape index (κ3) is 6.23. The van der Waals surface area contributed by atoms with Gasteiger partial charge < -0.3 is 9.64 Å². The van der Waals surface area contributed by atoms with Gasteiger partial charge in [-0.2, -0.15) is 0 Å². The Morgan fingerprint density at radius 3 is 2.31 bits per heavy atom. The number of carbonyl (C=O) groups is 1. The second-order valence-corrected chi connectivity index (χ2v) is 11.8. The maximum Gasteiger partial charge on any atom is 0.261 e. The first-order valence-electron chi connectivity index (χ1n) is 12.5. The molecular weight excluding hydrogens is 462 g/mol. The Kier molecular flexibility index (Phi) is 7.83. The number of benzene rings is 2. The van der Waals surface area contributed by atoms with Crippen molar-refractivity contribution in [2.24, 2.45) is 5.92 Å². The Balaban J connectivity index is 1.41. The molecular formula is C27H37N3O4S. The summed E-state index contributed by atoms with van der Waals surface area (Å²) >= 11 is 0. The number of likely N-dealkylation sites (tertiary alicyclic amines) is 1. The summed E-state index contributed by atoms with van der Waals surface area (Å²) in [7, 11) is -3.81. The van der Waals surface area contributed by atoms with Gasteiger partial charge in [0, 0.05) is 38.3 Å². The smallest absolute Gasteiger partial charge is 0.261 e. The zero-order chi connectivity index (χ0) is 25.2. The SMILES string of the molecule is Cc1ccccc1NS(=O)(=O)c1ccc(C)c(C(=O)N2CCC(CN3CC(C)OC(C)C3)CC2)c1. The van der Waals surface area contributed by atoms with Gasteiger partial charge >= 0.3 is 0 Å². The van der Waals surface area contributed by atoms with Crippen molar-refractivity contribution in [2.45, 2.75) is 57.6 Å². The van der Waals surface area contributed by atoms with Crippen LogP contribution in [-0.2, 0) is 14.8 Å². The van der Waals surface area contributed by atoms with Crippen molar-refractivity contribution < 1.29 is 17.9 Å². The number of ether oxygens (including phenoxy) is 1. The van der Waals surface area contributed by atoms with Crippen molar-refractivity contribution in [1.82, 2.24) is 9.80 Å². The van der Waals surface area contributed by atoms with Gasteiger partial charge in [0.25, 0.3) is 15.9 Å². The monoisotopic (exact) mass is 499 g/mol. The number of amides is 1. The summed E-state index contributed by atoms with van der Waals surface area (Å²) < 4.78 is 34.6. The molecule has 2 saturated heterocycles. The summed E-state index contributed by atoms with van der Waals surface area (Å²) in [5.41, 5.74) is 2.60. The minimum Gasteiger partial charge on any atom is -0.373 e. The minimum absolute atomic E-state index is 0.0949. The minimum atomic E-state index is -3.81. The molecule has 0 bridgehead atoms. The van der Waals surface area contributed by atoms with Crippen molar-refractivity contribution >= 4 is 21.6 Å². The Labute approximate surface area is 209 Å². The van der Waals surface area contributed by atoms with E-state index >= 15 is 0 Å². The van der Waals surface area contributed by atoms with E-state index in [4.69, 9.17) is 4.74 Å². The summed E-state index contributed by atoms with van der Waals surface area (Å²) in [6, 6.07) is 12.0. The number of anilines is 1. The summed E-state index contributed by atoms with van der Waals surface area (Å²) in [6.07, 6.45) is 2.43. The highest BCUT2D eigenvalue weighted by molar-refractivity contribution is 7.92. The Bertz CT molecular complexity index is 1150. The third-order valence-electron chi connectivity index (χ3n) is 7.05. The van der Waals surface area contributed by atoms with Gasteiger partial charge in [-0.3, -0.25) is 14.4 Å². The van der Waals surface area contributed by atoms with E-state index in [-0.39, 0.29) is 23.0 Å². The molecule has 0 spiro atoms. The van der Waals surface area contributed by atoms with Crippen molar-refractivity contribution in [3.8, 4) is 0 Å². The molecule has 0 saturated carbocycles. The molecule has 2 atom stereocenters. The van der Waals surface area contributed by atoms with E-state index in [9.17, 15) is 13.2 Å². The summed E-state index contributed by atoms with van der Waals surface area (Å²) in [4.78, 5) is 17.8. The molecule has 8 heteroatoms. The number of hydrogen-bond acceptors (Lipinski definition) is 5. The van der Waals surface area contributed by atoms with Crippen molar-refractivity contribution in [3.05, 3.63) is 59.2 Å². The number of piperidine rings is 1. The Morgan fingerprint density at radius 1 is 1.00 bits per heavy atom. The molecule has 1 N–H and O–H groups in total. The van der Waals surface area contributed by atoms with Gasteiger partial charge in [-0.15, -0.1) is 0 Å². The molecule has 1 amide bonds. The number of aryl methyl sites for hydroxylation is 2. The fourth-order valence-corrected chi connectivity index (χ4v) is 6.33. The lowest BCUT2D eigenvalue weighted by Crippen LogP contribution is -2.48. The van der Waals surface area contributed by atoms with Crippen LogP contribution in [-0.4, -0.2) is 69.1 Å². The van der Waals surface area contributed by atoms with Gasteiger partial charge in [-0.05, 0) is 75.8 Å². The van der Waals surface area contributed by atoms with Crippen molar-refractivity contribution in [3.63, 3.8) is 0 Å². The molecule has 2 aromatic rings. The van der Waals surface area contributed by atoms with Crippen LogP contribution in [0.2, 0.25) is 0 Å². The predicted octanol–water partition coefficient (Wildman–Crippen LogP) is 4.07. The van der Waals surface area contributed by atoms with E-state index in [0.717, 1.165) is 43.6 Å². The van der Waals surface area contributed by atoms with Gasteiger partial charge in [0.2, 0.25) is 0 Å². The highest BCUT2D eigenvalue weighted by atomic mass is 32.2. The predicted molar refractivity (Wildman–Crippen MR) is 138 cm³/mol. The second kappa shape index (κ2) is 10.7. The van der Waals surface area contributed by atoms with E-state index in [1.54, 1.807) is 24.3 Å². The van der Waals surface area contributed by atoms with Gasteiger partial charge in [-0.25, -0.2) is 8.42 Å². The molecule has 0 aromatic heterocycles. The molecule has 35 heavy (non-hydrogen) atoms. The molecule has 0 radical (unpaired) electrons. The lowest BCUT2D eigenvalue weighted by molar-refractivity contribution is -0.0728. The summed E-state index contributed by atoms with van der Waals surface area (Å²) in [5.74, 6) is 0.463. The normalized spacial score (nSPS) is 22.2. The first-order chi connectivity index (χ1) is 16.6. The van der Waals surface area contributed by atoms with Crippen LogP contribution >= 0.6 is 0 Å². The van der Waals surface area contributed by atoms with Gasteiger partial charge in [0.05, 0.1) is 22.8 Å². The highest BCUT2D eigenvalue weighted by Gasteiger charge is 2.29. The van der Waals surface area contributed by atoms with Crippen LogP contribution in [0.15, 0.2) is 47.4 Å². The zero-order valence-electron chi connectivity index (χ0n) is 21.2. The third-order valence-corrected chi connectivity index (χ3v) is 8.42. The van der Waals surface area contributed by atoms with Gasteiger partial charge in [0.1, 0.15) is 0 Å². The zero-order valence-corrected chi connectivity index (χ0v) is 22.0. The quantitative estimate of drug-likeness (QED) is 0.648.